The van der Waals surface area contributed by atoms with Crippen molar-refractivity contribution in [1.82, 2.24) is 4.40 Å². The second-order valence-electron chi connectivity index (χ2n) is 22.2. The van der Waals surface area contributed by atoms with Gasteiger partial charge in [-0.1, -0.05) is 157 Å². The molecule has 65 heavy (non-hydrogen) atoms. The molecule has 8 aromatic carbocycles. The van der Waals surface area contributed by atoms with Gasteiger partial charge in [-0.3, -0.25) is 0 Å². The summed E-state index contributed by atoms with van der Waals surface area (Å²) in [6.45, 7) is 17.3. The van der Waals surface area contributed by atoms with Crippen LogP contribution in [0.25, 0.3) is 71.5 Å². The van der Waals surface area contributed by atoms with Gasteiger partial charge in [0.25, 0.3) is 0 Å². The lowest BCUT2D eigenvalue weighted by Crippen LogP contribution is -2.63. The van der Waals surface area contributed by atoms with Crippen LogP contribution < -0.4 is 15.7 Å². The van der Waals surface area contributed by atoms with E-state index < -0.39 is 0 Å². The fourth-order valence-electron chi connectivity index (χ4n) is 14.6. The Balaban J connectivity index is 1.19. The number of anilines is 2. The molecule has 312 valence electrons. The van der Waals surface area contributed by atoms with E-state index in [1.807, 2.05) is 0 Å². The second-order valence-corrected chi connectivity index (χ2v) is 22.2. The Morgan fingerprint density at radius 1 is 0.569 bits per heavy atom. The van der Waals surface area contributed by atoms with Crippen molar-refractivity contribution in [1.29, 1.82) is 0 Å². The van der Waals surface area contributed by atoms with Gasteiger partial charge in [-0.25, -0.2) is 0 Å². The Labute approximate surface area is 382 Å². The lowest BCUT2D eigenvalue weighted by molar-refractivity contribution is 0.332. The first-order chi connectivity index (χ1) is 31.4. The normalized spacial score (nSPS) is 18.7. The summed E-state index contributed by atoms with van der Waals surface area (Å²) in [6, 6.07) is 55.0. The summed E-state index contributed by atoms with van der Waals surface area (Å²) in [5, 5.41) is 5.37. The summed E-state index contributed by atoms with van der Waals surface area (Å²) in [4.78, 5) is 2.90. The second kappa shape index (κ2) is 11.8. The Bertz CT molecular complexity index is 3820. The molecule has 0 amide bonds. The molecule has 5 aliphatic rings. The van der Waals surface area contributed by atoms with Gasteiger partial charge in [0.2, 0.25) is 0 Å². The molecule has 0 saturated carbocycles. The average Bonchev–Trinajstić information content (AvgIpc) is 3.91. The molecule has 3 heteroatoms. The van der Waals surface area contributed by atoms with Crippen molar-refractivity contribution in [3.05, 3.63) is 184 Å². The molecule has 0 saturated heterocycles. The zero-order chi connectivity index (χ0) is 43.6. The number of rotatable bonds is 1. The lowest BCUT2D eigenvalue weighted by atomic mass is 9.38. The number of nitrogens with zero attached hydrogens (tertiary/aromatic N) is 2. The van der Waals surface area contributed by atoms with Crippen molar-refractivity contribution < 1.29 is 0 Å². The van der Waals surface area contributed by atoms with E-state index in [1.54, 1.807) is 0 Å². The van der Waals surface area contributed by atoms with Crippen LogP contribution >= 0.6 is 0 Å². The van der Waals surface area contributed by atoms with Crippen LogP contribution in [0.3, 0.4) is 0 Å². The van der Waals surface area contributed by atoms with Crippen molar-refractivity contribution in [2.24, 2.45) is 0 Å². The van der Waals surface area contributed by atoms with Crippen LogP contribution in [-0.2, 0) is 22.7 Å². The molecule has 0 radical (unpaired) electrons. The highest BCUT2D eigenvalue weighted by atomic mass is 15.1. The fraction of sp³-hybridized carbons (Fsp3) is 0.226. The van der Waals surface area contributed by atoms with E-state index in [1.165, 1.54) is 151 Å². The van der Waals surface area contributed by atoms with Crippen LogP contribution in [0, 0.1) is 6.92 Å². The van der Waals surface area contributed by atoms with Gasteiger partial charge in [-0.2, -0.15) is 0 Å². The highest BCUT2D eigenvalue weighted by Crippen LogP contribution is 2.61. The zero-order valence-electron chi connectivity index (χ0n) is 38.4. The molecule has 4 heterocycles. The zero-order valence-corrected chi connectivity index (χ0v) is 38.4. The van der Waals surface area contributed by atoms with Gasteiger partial charge in [0.15, 0.2) is 0 Å². The van der Waals surface area contributed by atoms with Crippen molar-refractivity contribution in [3.63, 3.8) is 0 Å². The minimum atomic E-state index is -0.208. The van der Waals surface area contributed by atoms with Gasteiger partial charge in [0, 0.05) is 49.8 Å². The van der Waals surface area contributed by atoms with Gasteiger partial charge in [0.1, 0.15) is 0 Å². The Morgan fingerprint density at radius 3 is 2.03 bits per heavy atom. The van der Waals surface area contributed by atoms with Crippen LogP contribution in [0.5, 0.6) is 0 Å². The van der Waals surface area contributed by atoms with Gasteiger partial charge in [-0.15, -0.1) is 0 Å². The third-order valence-electron chi connectivity index (χ3n) is 17.6. The maximum atomic E-state index is 2.90. The molecule has 0 bridgehead atoms. The summed E-state index contributed by atoms with van der Waals surface area (Å²) < 4.78 is 2.59. The SMILES string of the molecule is Cc1cc2c(cc1N1B3c4cccc5c4C(Cc4ccccc4-5)c4cc5c(c(c43)-c3cc4c6ccccc6n6c7ccccc7c(c31)c46)C(C)(C)c1ccccc1-5)C(C)(C)CCC2(C)C. The largest absolute Gasteiger partial charge is 0.376 e. The number of aromatic nitrogens is 1. The number of hydrogen-bond donors (Lipinski definition) is 0. The van der Waals surface area contributed by atoms with E-state index >= 15 is 0 Å². The van der Waals surface area contributed by atoms with Gasteiger partial charge in [0.05, 0.1) is 16.6 Å². The molecule has 3 aliphatic carbocycles. The molecule has 15 rings (SSSR count). The van der Waals surface area contributed by atoms with E-state index in [2.05, 4.69) is 197 Å². The molecular formula is C62H51BN2. The van der Waals surface area contributed by atoms with Gasteiger partial charge in [-0.05, 0) is 145 Å². The van der Waals surface area contributed by atoms with Crippen LogP contribution in [-0.4, -0.2) is 11.2 Å². The Morgan fingerprint density at radius 2 is 1.23 bits per heavy atom. The van der Waals surface area contributed by atoms with E-state index in [0.717, 1.165) is 6.42 Å². The number of hydrogen-bond acceptors (Lipinski definition) is 1. The third-order valence-corrected chi connectivity index (χ3v) is 17.6. The molecule has 0 N–H and O–H groups in total. The first kappa shape index (κ1) is 36.7. The first-order valence-electron chi connectivity index (χ1n) is 24.1. The van der Waals surface area contributed by atoms with E-state index in [0.29, 0.717) is 0 Å². The van der Waals surface area contributed by atoms with Crippen LogP contribution in [0.15, 0.2) is 140 Å². The lowest BCUT2D eigenvalue weighted by Gasteiger charge is -2.49. The Kier molecular flexibility index (Phi) is 6.67. The quantitative estimate of drug-likeness (QED) is 0.150. The molecule has 1 unspecified atom stereocenters. The predicted octanol–water partition coefficient (Wildman–Crippen LogP) is 14.4. The summed E-state index contributed by atoms with van der Waals surface area (Å²) in [6.07, 6.45) is 3.38. The van der Waals surface area contributed by atoms with Gasteiger partial charge < -0.3 is 9.21 Å². The molecule has 0 fully saturated rings. The smallest absolute Gasteiger partial charge is 0.329 e. The number of para-hydroxylation sites is 2. The van der Waals surface area contributed by atoms with Crippen molar-refractivity contribution in [3.8, 4) is 33.4 Å². The molecule has 0 spiro atoms. The highest BCUT2D eigenvalue weighted by molar-refractivity contribution is 6.92. The van der Waals surface area contributed by atoms with Crippen molar-refractivity contribution in [2.75, 3.05) is 4.81 Å². The molecule has 2 nitrogen and oxygen atoms in total. The molecule has 10 aromatic rings. The molecular weight excluding hydrogens is 784 g/mol. The topological polar surface area (TPSA) is 7.65 Å². The van der Waals surface area contributed by atoms with Crippen LogP contribution in [0.2, 0.25) is 0 Å². The van der Waals surface area contributed by atoms with E-state index in [4.69, 9.17) is 0 Å². The molecule has 2 aromatic heterocycles. The predicted molar refractivity (Wildman–Crippen MR) is 275 cm³/mol. The minimum Gasteiger partial charge on any atom is -0.376 e. The first-order valence-corrected chi connectivity index (χ1v) is 24.1. The van der Waals surface area contributed by atoms with Crippen LogP contribution in [0.4, 0.5) is 11.4 Å². The summed E-state index contributed by atoms with van der Waals surface area (Å²) in [5.41, 5.74) is 29.8. The number of benzene rings is 8. The van der Waals surface area contributed by atoms with Crippen molar-refractivity contribution in [2.45, 2.75) is 89.9 Å². The maximum absolute atomic E-state index is 2.90. The molecule has 1 atom stereocenters. The molecule has 2 aliphatic heterocycles. The third kappa shape index (κ3) is 4.31. The fourth-order valence-corrected chi connectivity index (χ4v) is 14.6. The highest BCUT2D eigenvalue weighted by Gasteiger charge is 2.52. The monoisotopic (exact) mass is 834 g/mol. The van der Waals surface area contributed by atoms with E-state index in [9.17, 15) is 0 Å². The van der Waals surface area contributed by atoms with Gasteiger partial charge >= 0.3 is 6.85 Å². The Hall–Kier alpha value is -6.58. The van der Waals surface area contributed by atoms with Crippen LogP contribution in [0.1, 0.15) is 105 Å². The standard InChI is InChI=1S/C62H51BN2/c1-34-29-47-48(61(4,5)28-27-60(47,2)3)33-52(34)65-59-45(32-44-38-20-11-14-25-50(38)64-51-26-15-12-21-40(51)55(59)58(44)64)54-56-42(37-19-10-13-23-46(37)62(56,6)7)31-43-41-30-35-17-8-9-18-36(35)39-22-16-24-49(53(39)41)63(65)57(43)54/h8-26,29,31-33,41H,27-28,30H2,1-7H3. The van der Waals surface area contributed by atoms with Crippen molar-refractivity contribution >= 4 is 67.2 Å². The minimum absolute atomic E-state index is 0.0375. The summed E-state index contributed by atoms with van der Waals surface area (Å²) in [5.74, 6) is 0.247. The maximum Gasteiger partial charge on any atom is 0.329 e. The average molecular weight is 835 g/mol. The number of aryl methyl sites for hydroxylation is 1. The summed E-state index contributed by atoms with van der Waals surface area (Å²) >= 11 is 0. The number of fused-ring (bicyclic) bond motifs is 18. The van der Waals surface area contributed by atoms with E-state index in [-0.39, 0.29) is 29.0 Å². The summed E-state index contributed by atoms with van der Waals surface area (Å²) in [7, 11) is 0.